The average Bonchev–Trinajstić information content (AvgIpc) is 2.76. The van der Waals surface area contributed by atoms with E-state index in [0.717, 1.165) is 17.6 Å². The van der Waals surface area contributed by atoms with Crippen LogP contribution in [0.2, 0.25) is 0 Å². The highest BCUT2D eigenvalue weighted by molar-refractivity contribution is 9.10. The van der Waals surface area contributed by atoms with Crippen molar-refractivity contribution in [1.29, 1.82) is 0 Å². The Hall–Kier alpha value is -0.760. The minimum absolute atomic E-state index is 0.000295. The number of rotatable bonds is 5. The molecule has 1 aromatic rings. The second kappa shape index (κ2) is 6.80. The second-order valence-corrected chi connectivity index (χ2v) is 6.21. The van der Waals surface area contributed by atoms with Gasteiger partial charge in [-0.1, -0.05) is 0 Å². The fourth-order valence-corrected chi connectivity index (χ4v) is 2.65. The molecule has 6 nitrogen and oxygen atoms in total. The van der Waals surface area contributed by atoms with E-state index in [4.69, 9.17) is 4.74 Å². The van der Waals surface area contributed by atoms with Gasteiger partial charge in [0.25, 0.3) is 0 Å². The molecule has 0 radical (unpaired) electrons. The molecule has 2 rings (SSSR count). The number of ether oxygens (including phenoxy) is 1. The van der Waals surface area contributed by atoms with Crippen molar-refractivity contribution in [2.24, 2.45) is 0 Å². The number of ketones is 1. The maximum atomic E-state index is 12.6. The van der Waals surface area contributed by atoms with E-state index in [9.17, 15) is 4.79 Å². The van der Waals surface area contributed by atoms with Crippen LogP contribution in [0.1, 0.15) is 10.5 Å². The molecule has 20 heavy (non-hydrogen) atoms. The van der Waals surface area contributed by atoms with Gasteiger partial charge in [0.05, 0.1) is 23.8 Å². The van der Waals surface area contributed by atoms with Gasteiger partial charge in [0, 0.05) is 19.6 Å². The first-order valence-corrected chi connectivity index (χ1v) is 7.48. The van der Waals surface area contributed by atoms with Gasteiger partial charge in [-0.25, -0.2) is 0 Å². The van der Waals surface area contributed by atoms with Crippen LogP contribution in [0.4, 0.5) is 0 Å². The van der Waals surface area contributed by atoms with Crippen LogP contribution in [0, 0.1) is 0 Å². The summed E-state index contributed by atoms with van der Waals surface area (Å²) in [5.74, 6) is -0.000295. The molecular formula is C13H21BrN4O2. The van der Waals surface area contributed by atoms with E-state index >= 15 is 0 Å². The molecule has 0 saturated carbocycles. The molecule has 1 aromatic heterocycles. The first-order chi connectivity index (χ1) is 9.49. The summed E-state index contributed by atoms with van der Waals surface area (Å²) < 4.78 is 8.09. The second-order valence-electron chi connectivity index (χ2n) is 5.35. The molecular weight excluding hydrogens is 324 g/mol. The highest BCUT2D eigenvalue weighted by atomic mass is 79.9. The van der Waals surface area contributed by atoms with E-state index in [1.54, 1.807) is 10.9 Å². The van der Waals surface area contributed by atoms with Crippen LogP contribution in [0.25, 0.3) is 0 Å². The van der Waals surface area contributed by atoms with Crippen LogP contribution in [0.5, 0.6) is 0 Å². The zero-order valence-electron chi connectivity index (χ0n) is 12.2. The summed E-state index contributed by atoms with van der Waals surface area (Å²) in [6.07, 6.45) is 1.27. The van der Waals surface area contributed by atoms with E-state index in [1.807, 2.05) is 21.1 Å². The average molecular weight is 345 g/mol. The molecule has 1 aliphatic heterocycles. The number of aromatic nitrogens is 2. The summed E-state index contributed by atoms with van der Waals surface area (Å²) in [5.41, 5.74) is 0.604. The lowest BCUT2D eigenvalue weighted by molar-refractivity contribution is -0.00924. The predicted molar refractivity (Wildman–Crippen MR) is 80.0 cm³/mol. The fraction of sp³-hybridized carbons (Fsp3) is 0.692. The quantitative estimate of drug-likeness (QED) is 0.736. The van der Waals surface area contributed by atoms with Crippen molar-refractivity contribution < 1.29 is 9.53 Å². The third-order valence-electron chi connectivity index (χ3n) is 3.35. The highest BCUT2D eigenvalue weighted by Crippen LogP contribution is 2.20. The molecule has 7 heteroatoms. The minimum Gasteiger partial charge on any atom is -0.367 e. The number of nitrogens with zero attached hydrogens (tertiary/aromatic N) is 4. The normalized spacial score (nSPS) is 20.6. The summed E-state index contributed by atoms with van der Waals surface area (Å²) in [5, 5.41) is 4.28. The highest BCUT2D eigenvalue weighted by Gasteiger charge is 2.29. The predicted octanol–water partition coefficient (Wildman–Crippen LogP) is 0.720. The molecule has 0 spiro atoms. The summed E-state index contributed by atoms with van der Waals surface area (Å²) in [4.78, 5) is 16.8. The summed E-state index contributed by atoms with van der Waals surface area (Å²) in [7, 11) is 6.00. The van der Waals surface area contributed by atoms with Gasteiger partial charge in [0.2, 0.25) is 5.78 Å². The van der Waals surface area contributed by atoms with Gasteiger partial charge >= 0.3 is 0 Å². The Morgan fingerprint density at radius 1 is 1.60 bits per heavy atom. The summed E-state index contributed by atoms with van der Waals surface area (Å²) in [6.45, 7) is 3.60. The van der Waals surface area contributed by atoms with Gasteiger partial charge in [0.15, 0.2) is 0 Å². The van der Waals surface area contributed by atoms with E-state index in [0.29, 0.717) is 25.4 Å². The monoisotopic (exact) mass is 344 g/mol. The molecule has 1 fully saturated rings. The summed E-state index contributed by atoms with van der Waals surface area (Å²) >= 11 is 3.42. The molecule has 1 saturated heterocycles. The number of likely N-dealkylation sites (N-methyl/N-ethyl adjacent to an activating group) is 2. The van der Waals surface area contributed by atoms with Crippen molar-refractivity contribution in [1.82, 2.24) is 19.6 Å². The number of hydrogen-bond acceptors (Lipinski definition) is 5. The van der Waals surface area contributed by atoms with E-state index in [-0.39, 0.29) is 5.78 Å². The zero-order chi connectivity index (χ0) is 14.7. The maximum absolute atomic E-state index is 12.6. The Bertz CT molecular complexity index is 475. The largest absolute Gasteiger partial charge is 0.367 e. The molecule has 1 atom stereocenters. The van der Waals surface area contributed by atoms with Crippen LogP contribution in [-0.4, -0.2) is 78.9 Å². The number of Topliss-reactive ketones (excluding diaryl/α,β-unsaturated/α-hetero) is 1. The van der Waals surface area contributed by atoms with Gasteiger partial charge in [0.1, 0.15) is 11.8 Å². The van der Waals surface area contributed by atoms with Gasteiger partial charge in [-0.05, 0) is 37.1 Å². The Kier molecular flexibility index (Phi) is 5.31. The number of halogens is 1. The van der Waals surface area contributed by atoms with Crippen LogP contribution >= 0.6 is 15.9 Å². The van der Waals surface area contributed by atoms with E-state index in [1.165, 1.54) is 0 Å². The molecule has 0 amide bonds. The first kappa shape index (κ1) is 15.6. The topological polar surface area (TPSA) is 50.6 Å². The Morgan fingerprint density at radius 3 is 3.00 bits per heavy atom. The Morgan fingerprint density at radius 2 is 2.35 bits per heavy atom. The number of carbonyl (C=O) groups is 1. The van der Waals surface area contributed by atoms with Crippen molar-refractivity contribution in [2.75, 3.05) is 47.4 Å². The van der Waals surface area contributed by atoms with Crippen molar-refractivity contribution in [3.63, 3.8) is 0 Å². The summed E-state index contributed by atoms with van der Waals surface area (Å²) in [6, 6.07) is 0. The zero-order valence-corrected chi connectivity index (χ0v) is 13.8. The van der Waals surface area contributed by atoms with Crippen molar-refractivity contribution in [3.05, 3.63) is 16.4 Å². The first-order valence-electron chi connectivity index (χ1n) is 6.69. The van der Waals surface area contributed by atoms with Gasteiger partial charge < -0.3 is 14.5 Å². The Labute approximate surface area is 127 Å². The van der Waals surface area contributed by atoms with Crippen molar-refractivity contribution >= 4 is 21.7 Å². The minimum atomic E-state index is -0.403. The van der Waals surface area contributed by atoms with Crippen LogP contribution in [0.3, 0.4) is 0 Å². The SMILES string of the molecule is CN(C)CCn1ncc(Br)c1C(=O)C1CN(C)CCO1. The molecule has 1 aliphatic rings. The lowest BCUT2D eigenvalue weighted by Crippen LogP contribution is -2.44. The smallest absolute Gasteiger partial charge is 0.211 e. The molecule has 112 valence electrons. The molecule has 2 heterocycles. The van der Waals surface area contributed by atoms with Gasteiger partial charge in [-0.15, -0.1) is 0 Å². The standard InChI is InChI=1S/C13H21BrN4O2/c1-16(2)4-5-18-12(10(14)8-15-18)13(19)11-9-17(3)6-7-20-11/h8,11H,4-7,9H2,1-3H3. The van der Waals surface area contributed by atoms with Gasteiger partial charge in [-0.2, -0.15) is 5.10 Å². The molecule has 0 bridgehead atoms. The lowest BCUT2D eigenvalue weighted by Gasteiger charge is -2.29. The molecule has 0 aromatic carbocycles. The molecule has 0 aliphatic carbocycles. The number of hydrogen-bond donors (Lipinski definition) is 0. The maximum Gasteiger partial charge on any atom is 0.211 e. The van der Waals surface area contributed by atoms with Crippen molar-refractivity contribution in [2.45, 2.75) is 12.6 Å². The lowest BCUT2D eigenvalue weighted by atomic mass is 10.1. The third-order valence-corrected chi connectivity index (χ3v) is 3.93. The van der Waals surface area contributed by atoms with E-state index < -0.39 is 6.10 Å². The van der Waals surface area contributed by atoms with Crippen molar-refractivity contribution in [3.8, 4) is 0 Å². The van der Waals surface area contributed by atoms with Crippen LogP contribution < -0.4 is 0 Å². The third kappa shape index (κ3) is 3.66. The van der Waals surface area contributed by atoms with Crippen LogP contribution in [-0.2, 0) is 11.3 Å². The number of morpholine rings is 1. The fourth-order valence-electron chi connectivity index (χ4n) is 2.16. The molecule has 0 N–H and O–H groups in total. The van der Waals surface area contributed by atoms with Gasteiger partial charge in [-0.3, -0.25) is 9.48 Å². The van der Waals surface area contributed by atoms with E-state index in [2.05, 4.69) is 30.8 Å². The number of carbonyl (C=O) groups excluding carboxylic acids is 1. The molecule has 1 unspecified atom stereocenters. The Balaban J connectivity index is 2.14. The van der Waals surface area contributed by atoms with Crippen LogP contribution in [0.15, 0.2) is 10.7 Å².